The molecular formula is C23H34N2O3. The molecule has 1 aliphatic carbocycles. The highest BCUT2D eigenvalue weighted by Crippen LogP contribution is 2.52. The summed E-state index contributed by atoms with van der Waals surface area (Å²) < 4.78 is 17.4. The fourth-order valence-electron chi connectivity index (χ4n) is 5.35. The van der Waals surface area contributed by atoms with Gasteiger partial charge in [-0.2, -0.15) is 0 Å². The molecule has 0 bridgehead atoms. The van der Waals surface area contributed by atoms with Crippen LogP contribution in [0.3, 0.4) is 0 Å². The van der Waals surface area contributed by atoms with Crippen LogP contribution in [0, 0.1) is 17.8 Å². The Morgan fingerprint density at radius 2 is 1.71 bits per heavy atom. The standard InChI is InChI=1S/C23H34N2O3/c1-2-7-24(8-3-1)9-4-10-26-17-21-19-15-25(16-20(19)21)14-18-5-6-22-23(13-18)28-12-11-27-22/h5-6,13,19-21H,1-4,7-12,14-17H2/t19-,20+,21?. The Bertz CT molecular complexity index is 649. The fourth-order valence-corrected chi connectivity index (χ4v) is 5.35. The van der Waals surface area contributed by atoms with E-state index in [1.54, 1.807) is 0 Å². The van der Waals surface area contributed by atoms with Gasteiger partial charge < -0.3 is 19.1 Å². The van der Waals surface area contributed by atoms with Crippen molar-refractivity contribution in [3.63, 3.8) is 0 Å². The molecule has 0 N–H and O–H groups in total. The zero-order chi connectivity index (χ0) is 18.8. The number of piperidine rings is 2. The largest absolute Gasteiger partial charge is 0.486 e. The molecule has 5 nitrogen and oxygen atoms in total. The van der Waals surface area contributed by atoms with E-state index in [9.17, 15) is 0 Å². The quantitative estimate of drug-likeness (QED) is 0.642. The van der Waals surface area contributed by atoms with Crippen LogP contribution in [0.4, 0.5) is 0 Å². The number of ether oxygens (including phenoxy) is 3. The molecule has 3 heterocycles. The number of hydrogen-bond acceptors (Lipinski definition) is 5. The average Bonchev–Trinajstić information content (AvgIpc) is 3.19. The third-order valence-corrected chi connectivity index (χ3v) is 6.98. The van der Waals surface area contributed by atoms with Gasteiger partial charge in [0.1, 0.15) is 13.2 Å². The molecule has 0 aromatic heterocycles. The predicted octanol–water partition coefficient (Wildman–Crippen LogP) is 3.03. The zero-order valence-corrected chi connectivity index (χ0v) is 17.0. The van der Waals surface area contributed by atoms with Gasteiger partial charge in [0, 0.05) is 32.8 Å². The normalized spacial score (nSPS) is 29.6. The molecule has 154 valence electrons. The lowest BCUT2D eigenvalue weighted by Gasteiger charge is -2.26. The molecule has 1 aromatic carbocycles. The van der Waals surface area contributed by atoms with Gasteiger partial charge in [-0.3, -0.25) is 4.90 Å². The number of benzene rings is 1. The van der Waals surface area contributed by atoms with Crippen molar-refractivity contribution in [1.29, 1.82) is 0 Å². The first-order valence-corrected chi connectivity index (χ1v) is 11.3. The topological polar surface area (TPSA) is 34.2 Å². The van der Waals surface area contributed by atoms with Crippen molar-refractivity contribution in [2.75, 3.05) is 59.2 Å². The third-order valence-electron chi connectivity index (χ3n) is 6.98. The van der Waals surface area contributed by atoms with Crippen molar-refractivity contribution in [3.05, 3.63) is 23.8 Å². The molecule has 0 radical (unpaired) electrons. The molecule has 2 saturated heterocycles. The summed E-state index contributed by atoms with van der Waals surface area (Å²) in [6, 6.07) is 6.39. The Kier molecular flexibility index (Phi) is 5.75. The van der Waals surface area contributed by atoms with E-state index < -0.39 is 0 Å². The molecule has 3 atom stereocenters. The monoisotopic (exact) mass is 386 g/mol. The van der Waals surface area contributed by atoms with Crippen LogP contribution in [0.1, 0.15) is 31.2 Å². The molecule has 4 aliphatic rings. The highest BCUT2D eigenvalue weighted by Gasteiger charge is 2.55. The van der Waals surface area contributed by atoms with Gasteiger partial charge in [-0.15, -0.1) is 0 Å². The molecule has 1 aromatic rings. The first kappa shape index (κ1) is 18.7. The van der Waals surface area contributed by atoms with E-state index in [0.29, 0.717) is 13.2 Å². The van der Waals surface area contributed by atoms with E-state index in [2.05, 4.69) is 28.0 Å². The van der Waals surface area contributed by atoms with Crippen molar-refractivity contribution in [2.45, 2.75) is 32.2 Å². The molecular weight excluding hydrogens is 352 g/mol. The summed E-state index contributed by atoms with van der Waals surface area (Å²) in [5.41, 5.74) is 1.33. The van der Waals surface area contributed by atoms with E-state index in [1.165, 1.54) is 64.0 Å². The molecule has 5 rings (SSSR count). The van der Waals surface area contributed by atoms with Crippen molar-refractivity contribution >= 4 is 0 Å². The van der Waals surface area contributed by atoms with Gasteiger partial charge in [-0.1, -0.05) is 12.5 Å². The molecule has 0 spiro atoms. The van der Waals surface area contributed by atoms with Gasteiger partial charge in [0.25, 0.3) is 0 Å². The summed E-state index contributed by atoms with van der Waals surface area (Å²) in [6.45, 7) is 10.5. The number of rotatable bonds is 8. The van der Waals surface area contributed by atoms with Crippen molar-refractivity contribution in [1.82, 2.24) is 9.80 Å². The van der Waals surface area contributed by atoms with Crippen LogP contribution < -0.4 is 9.47 Å². The molecule has 1 saturated carbocycles. The third kappa shape index (κ3) is 4.32. The Balaban J connectivity index is 0.981. The smallest absolute Gasteiger partial charge is 0.161 e. The summed E-state index contributed by atoms with van der Waals surface area (Å²) in [4.78, 5) is 5.20. The molecule has 3 fully saturated rings. The number of hydrogen-bond donors (Lipinski definition) is 0. The maximum Gasteiger partial charge on any atom is 0.161 e. The summed E-state index contributed by atoms with van der Waals surface area (Å²) in [6.07, 6.45) is 5.38. The minimum absolute atomic E-state index is 0.656. The highest BCUT2D eigenvalue weighted by atomic mass is 16.6. The molecule has 5 heteroatoms. The Morgan fingerprint density at radius 1 is 0.929 bits per heavy atom. The number of nitrogens with zero attached hydrogens (tertiary/aromatic N) is 2. The second-order valence-corrected chi connectivity index (χ2v) is 8.99. The van der Waals surface area contributed by atoms with Gasteiger partial charge in [-0.05, 0) is 67.8 Å². The molecule has 1 unspecified atom stereocenters. The minimum Gasteiger partial charge on any atom is -0.486 e. The first-order chi connectivity index (χ1) is 13.9. The van der Waals surface area contributed by atoms with Crippen LogP contribution in [0.15, 0.2) is 18.2 Å². The fraction of sp³-hybridized carbons (Fsp3) is 0.739. The summed E-state index contributed by atoms with van der Waals surface area (Å²) in [5, 5.41) is 0. The van der Waals surface area contributed by atoms with Crippen LogP contribution >= 0.6 is 0 Å². The molecule has 3 aliphatic heterocycles. The first-order valence-electron chi connectivity index (χ1n) is 11.3. The van der Waals surface area contributed by atoms with Gasteiger partial charge in [0.15, 0.2) is 11.5 Å². The number of likely N-dealkylation sites (tertiary alicyclic amines) is 2. The SMILES string of the molecule is c1cc2c(cc1CN1C[C@@H]3C(COCCCN4CCCCC4)[C@@H]3C1)OCCO2. The molecule has 0 amide bonds. The second kappa shape index (κ2) is 8.60. The Morgan fingerprint density at radius 3 is 2.54 bits per heavy atom. The van der Waals surface area contributed by atoms with Gasteiger partial charge >= 0.3 is 0 Å². The van der Waals surface area contributed by atoms with Crippen LogP contribution in [-0.4, -0.2) is 69.0 Å². The Hall–Kier alpha value is -1.30. The lowest BCUT2D eigenvalue weighted by atomic mass is 10.1. The van der Waals surface area contributed by atoms with Gasteiger partial charge in [-0.25, -0.2) is 0 Å². The Labute approximate surface area is 168 Å². The van der Waals surface area contributed by atoms with Crippen molar-refractivity contribution in [3.8, 4) is 11.5 Å². The van der Waals surface area contributed by atoms with Crippen LogP contribution in [0.2, 0.25) is 0 Å². The van der Waals surface area contributed by atoms with Crippen LogP contribution in [0.5, 0.6) is 11.5 Å². The van der Waals surface area contributed by atoms with E-state index in [1.807, 2.05) is 0 Å². The second-order valence-electron chi connectivity index (χ2n) is 8.99. The average molecular weight is 387 g/mol. The lowest BCUT2D eigenvalue weighted by molar-refractivity contribution is 0.0967. The predicted molar refractivity (Wildman–Crippen MR) is 109 cm³/mol. The van der Waals surface area contributed by atoms with Crippen LogP contribution in [0.25, 0.3) is 0 Å². The van der Waals surface area contributed by atoms with Gasteiger partial charge in [0.05, 0.1) is 6.61 Å². The lowest BCUT2D eigenvalue weighted by Crippen LogP contribution is -2.31. The van der Waals surface area contributed by atoms with Crippen LogP contribution in [-0.2, 0) is 11.3 Å². The summed E-state index contributed by atoms with van der Waals surface area (Å²) in [7, 11) is 0. The summed E-state index contributed by atoms with van der Waals surface area (Å²) >= 11 is 0. The van der Waals surface area contributed by atoms with E-state index in [4.69, 9.17) is 14.2 Å². The highest BCUT2D eigenvalue weighted by molar-refractivity contribution is 5.43. The molecule has 28 heavy (non-hydrogen) atoms. The van der Waals surface area contributed by atoms with E-state index in [0.717, 1.165) is 49.0 Å². The van der Waals surface area contributed by atoms with Crippen molar-refractivity contribution in [2.24, 2.45) is 17.8 Å². The van der Waals surface area contributed by atoms with E-state index >= 15 is 0 Å². The zero-order valence-electron chi connectivity index (χ0n) is 17.0. The minimum atomic E-state index is 0.656. The van der Waals surface area contributed by atoms with Gasteiger partial charge in [0.2, 0.25) is 0 Å². The maximum atomic E-state index is 6.03. The van der Waals surface area contributed by atoms with Crippen molar-refractivity contribution < 1.29 is 14.2 Å². The summed E-state index contributed by atoms with van der Waals surface area (Å²) in [5.74, 6) is 4.32. The number of fused-ring (bicyclic) bond motifs is 2. The maximum absolute atomic E-state index is 6.03. The van der Waals surface area contributed by atoms with E-state index in [-0.39, 0.29) is 0 Å².